The lowest BCUT2D eigenvalue weighted by Crippen LogP contribution is -2.48. The number of thiophene rings is 1. The van der Waals surface area contributed by atoms with Gasteiger partial charge in [-0.05, 0) is 44.8 Å². The first-order chi connectivity index (χ1) is 11.6. The van der Waals surface area contributed by atoms with E-state index in [0.29, 0.717) is 30.6 Å². The van der Waals surface area contributed by atoms with Gasteiger partial charge in [-0.15, -0.1) is 11.3 Å². The summed E-state index contributed by atoms with van der Waals surface area (Å²) in [6.07, 6.45) is 4.32. The fourth-order valence-electron chi connectivity index (χ4n) is 3.16. The van der Waals surface area contributed by atoms with E-state index in [1.807, 2.05) is 22.4 Å². The second-order valence-corrected chi connectivity index (χ2v) is 7.44. The number of hydrogen-bond donors (Lipinski definition) is 0. The Labute approximate surface area is 146 Å². The zero-order valence-corrected chi connectivity index (χ0v) is 15.1. The Morgan fingerprint density at radius 2 is 2.33 bits per heavy atom. The summed E-state index contributed by atoms with van der Waals surface area (Å²) in [6.45, 7) is 1.79. The molecule has 0 bridgehead atoms. The normalized spacial score (nSPS) is 18.3. The van der Waals surface area contributed by atoms with Crippen molar-refractivity contribution in [2.45, 2.75) is 38.1 Å². The molecule has 24 heavy (non-hydrogen) atoms. The van der Waals surface area contributed by atoms with E-state index in [2.05, 4.69) is 29.1 Å². The standard InChI is InChI=1S/C17H24N4O2S/c1-20(2)12-13-6-3-4-10-21(13)16(22)9-8-15-18-17(19-23-15)14-7-5-11-24-14/h5,7,11,13H,3-4,6,8-10,12H2,1-2H3/t13-/m0/s1. The minimum atomic E-state index is 0.192. The number of aryl methyl sites for hydroxylation is 1. The highest BCUT2D eigenvalue weighted by molar-refractivity contribution is 7.13. The molecule has 7 heteroatoms. The van der Waals surface area contributed by atoms with Crippen molar-refractivity contribution in [1.29, 1.82) is 0 Å². The van der Waals surface area contributed by atoms with Crippen LogP contribution in [-0.4, -0.2) is 59.1 Å². The zero-order chi connectivity index (χ0) is 16.9. The largest absolute Gasteiger partial charge is 0.339 e. The maximum atomic E-state index is 12.6. The maximum absolute atomic E-state index is 12.6. The Bertz CT molecular complexity index is 653. The first-order valence-corrected chi connectivity index (χ1v) is 9.32. The van der Waals surface area contributed by atoms with Gasteiger partial charge in [0.2, 0.25) is 17.6 Å². The quantitative estimate of drug-likeness (QED) is 0.803. The van der Waals surface area contributed by atoms with Gasteiger partial charge >= 0.3 is 0 Å². The molecular formula is C17H24N4O2S. The fraction of sp³-hybridized carbons (Fsp3) is 0.588. The molecular weight excluding hydrogens is 324 g/mol. The molecule has 0 aliphatic carbocycles. The summed E-state index contributed by atoms with van der Waals surface area (Å²) in [5, 5.41) is 5.98. The summed E-state index contributed by atoms with van der Waals surface area (Å²) in [7, 11) is 4.11. The number of likely N-dealkylation sites (N-methyl/N-ethyl adjacent to an activating group) is 1. The molecule has 6 nitrogen and oxygen atoms in total. The molecule has 0 spiro atoms. The van der Waals surface area contributed by atoms with Gasteiger partial charge in [-0.3, -0.25) is 4.79 Å². The lowest BCUT2D eigenvalue weighted by atomic mass is 10.0. The monoisotopic (exact) mass is 348 g/mol. The van der Waals surface area contributed by atoms with Gasteiger partial charge in [-0.1, -0.05) is 11.2 Å². The minimum absolute atomic E-state index is 0.192. The molecule has 0 N–H and O–H groups in total. The second-order valence-electron chi connectivity index (χ2n) is 6.49. The molecule has 2 aromatic heterocycles. The zero-order valence-electron chi connectivity index (χ0n) is 14.3. The van der Waals surface area contributed by atoms with Crippen LogP contribution in [0.2, 0.25) is 0 Å². The first-order valence-electron chi connectivity index (χ1n) is 8.44. The smallest absolute Gasteiger partial charge is 0.227 e. The molecule has 0 aromatic carbocycles. The molecule has 3 heterocycles. The van der Waals surface area contributed by atoms with E-state index in [4.69, 9.17) is 4.52 Å². The lowest BCUT2D eigenvalue weighted by Gasteiger charge is -2.37. The van der Waals surface area contributed by atoms with Crippen molar-refractivity contribution in [2.75, 3.05) is 27.2 Å². The molecule has 1 atom stereocenters. The van der Waals surface area contributed by atoms with Gasteiger partial charge in [-0.2, -0.15) is 4.98 Å². The highest BCUT2D eigenvalue weighted by Gasteiger charge is 2.27. The Kier molecular flexibility index (Phi) is 5.63. The Morgan fingerprint density at radius 3 is 3.08 bits per heavy atom. The first kappa shape index (κ1) is 17.1. The van der Waals surface area contributed by atoms with Crippen LogP contribution in [0.1, 0.15) is 31.6 Å². The summed E-state index contributed by atoms with van der Waals surface area (Å²) in [5.74, 6) is 1.33. The highest BCUT2D eigenvalue weighted by Crippen LogP contribution is 2.22. The summed E-state index contributed by atoms with van der Waals surface area (Å²) in [5.41, 5.74) is 0. The van der Waals surface area contributed by atoms with Crippen LogP contribution in [0.3, 0.4) is 0 Å². The fourth-order valence-corrected chi connectivity index (χ4v) is 3.81. The predicted octanol–water partition coefficient (Wildman–Crippen LogP) is 2.67. The van der Waals surface area contributed by atoms with E-state index in [-0.39, 0.29) is 5.91 Å². The van der Waals surface area contributed by atoms with E-state index < -0.39 is 0 Å². The van der Waals surface area contributed by atoms with Crippen molar-refractivity contribution in [2.24, 2.45) is 0 Å². The summed E-state index contributed by atoms with van der Waals surface area (Å²) in [4.78, 5) is 22.2. The van der Waals surface area contributed by atoms with Crippen LogP contribution in [-0.2, 0) is 11.2 Å². The van der Waals surface area contributed by atoms with Gasteiger partial charge < -0.3 is 14.3 Å². The molecule has 0 radical (unpaired) electrons. The van der Waals surface area contributed by atoms with E-state index in [1.54, 1.807) is 11.3 Å². The van der Waals surface area contributed by atoms with Gasteiger partial charge in [0.15, 0.2) is 0 Å². The van der Waals surface area contributed by atoms with Crippen LogP contribution in [0.4, 0.5) is 0 Å². The predicted molar refractivity (Wildman–Crippen MR) is 93.8 cm³/mol. The molecule has 130 valence electrons. The Hall–Kier alpha value is -1.73. The van der Waals surface area contributed by atoms with Crippen LogP contribution in [0.15, 0.2) is 22.0 Å². The molecule has 0 unspecified atom stereocenters. The molecule has 3 rings (SSSR count). The van der Waals surface area contributed by atoms with Gasteiger partial charge in [0.25, 0.3) is 0 Å². The lowest BCUT2D eigenvalue weighted by molar-refractivity contribution is -0.135. The average molecular weight is 348 g/mol. The third kappa shape index (κ3) is 4.21. The van der Waals surface area contributed by atoms with E-state index in [0.717, 1.165) is 30.8 Å². The van der Waals surface area contributed by atoms with Crippen molar-refractivity contribution in [1.82, 2.24) is 19.9 Å². The van der Waals surface area contributed by atoms with Crippen LogP contribution in [0.5, 0.6) is 0 Å². The number of likely N-dealkylation sites (tertiary alicyclic amines) is 1. The summed E-state index contributed by atoms with van der Waals surface area (Å²) >= 11 is 1.58. The molecule has 1 amide bonds. The Morgan fingerprint density at radius 1 is 1.46 bits per heavy atom. The molecule has 1 aliphatic heterocycles. The SMILES string of the molecule is CN(C)C[C@@H]1CCCCN1C(=O)CCc1nc(-c2cccs2)no1. The van der Waals surface area contributed by atoms with Crippen molar-refractivity contribution in [3.05, 3.63) is 23.4 Å². The second kappa shape index (κ2) is 7.90. The van der Waals surface area contributed by atoms with E-state index >= 15 is 0 Å². The Balaban J connectivity index is 1.56. The molecule has 1 aliphatic rings. The summed E-state index contributed by atoms with van der Waals surface area (Å²) in [6, 6.07) is 4.25. The third-order valence-electron chi connectivity index (χ3n) is 4.29. The van der Waals surface area contributed by atoms with Crippen LogP contribution in [0.25, 0.3) is 10.7 Å². The number of carbonyl (C=O) groups is 1. The number of hydrogen-bond acceptors (Lipinski definition) is 6. The van der Waals surface area contributed by atoms with Crippen LogP contribution in [0, 0.1) is 0 Å². The van der Waals surface area contributed by atoms with Crippen LogP contribution < -0.4 is 0 Å². The van der Waals surface area contributed by atoms with Crippen LogP contribution >= 0.6 is 11.3 Å². The maximum Gasteiger partial charge on any atom is 0.227 e. The minimum Gasteiger partial charge on any atom is -0.339 e. The van der Waals surface area contributed by atoms with Gasteiger partial charge in [0, 0.05) is 32.0 Å². The molecule has 0 saturated carbocycles. The van der Waals surface area contributed by atoms with E-state index in [9.17, 15) is 4.79 Å². The van der Waals surface area contributed by atoms with Gasteiger partial charge in [0.1, 0.15) is 0 Å². The average Bonchev–Trinajstić information content (AvgIpc) is 3.24. The summed E-state index contributed by atoms with van der Waals surface area (Å²) < 4.78 is 5.28. The number of piperidine rings is 1. The topological polar surface area (TPSA) is 62.5 Å². The molecule has 1 fully saturated rings. The highest BCUT2D eigenvalue weighted by atomic mass is 32.1. The van der Waals surface area contributed by atoms with Gasteiger partial charge in [0.05, 0.1) is 4.88 Å². The van der Waals surface area contributed by atoms with Crippen molar-refractivity contribution in [3.8, 4) is 10.7 Å². The number of carbonyl (C=O) groups excluding carboxylic acids is 1. The number of rotatable bonds is 6. The third-order valence-corrected chi connectivity index (χ3v) is 5.15. The van der Waals surface area contributed by atoms with Crippen molar-refractivity contribution < 1.29 is 9.32 Å². The molecule has 2 aromatic rings. The number of aromatic nitrogens is 2. The molecule has 1 saturated heterocycles. The number of amides is 1. The van der Waals surface area contributed by atoms with E-state index in [1.165, 1.54) is 6.42 Å². The van der Waals surface area contributed by atoms with Crippen molar-refractivity contribution >= 4 is 17.2 Å². The van der Waals surface area contributed by atoms with Gasteiger partial charge in [-0.25, -0.2) is 0 Å². The number of nitrogens with zero attached hydrogens (tertiary/aromatic N) is 4. The van der Waals surface area contributed by atoms with Crippen molar-refractivity contribution in [3.63, 3.8) is 0 Å².